The number of hydrogen-bond acceptors (Lipinski definition) is 7. The molecule has 9 nitrogen and oxygen atoms in total. The summed E-state index contributed by atoms with van der Waals surface area (Å²) in [6, 6.07) is 10.3. The van der Waals surface area contributed by atoms with Gasteiger partial charge in [-0.05, 0) is 43.2 Å². The Kier molecular flexibility index (Phi) is 7.88. The molecule has 0 aromatic heterocycles. The summed E-state index contributed by atoms with van der Waals surface area (Å²) in [6.07, 6.45) is 0.312. The molecule has 1 heterocycles. The smallest absolute Gasteiger partial charge is 0.325 e. The molecule has 2 aromatic rings. The minimum absolute atomic E-state index is 0.0462. The number of aryl methyl sites for hydroxylation is 1. The summed E-state index contributed by atoms with van der Waals surface area (Å²) in [6.45, 7) is 1.86. The van der Waals surface area contributed by atoms with E-state index in [0.29, 0.717) is 28.2 Å². The van der Waals surface area contributed by atoms with E-state index in [4.69, 9.17) is 14.2 Å². The fraction of sp³-hybridized carbons (Fsp3) is 0.360. The Morgan fingerprint density at radius 3 is 2.18 bits per heavy atom. The molecule has 0 unspecified atom stereocenters. The fourth-order valence-corrected chi connectivity index (χ4v) is 3.78. The highest BCUT2D eigenvalue weighted by atomic mass is 16.5. The monoisotopic (exact) mass is 468 g/mol. The number of ether oxygens (including phenoxy) is 3. The van der Waals surface area contributed by atoms with E-state index in [1.165, 1.54) is 26.2 Å². The van der Waals surface area contributed by atoms with Crippen molar-refractivity contribution in [1.29, 1.82) is 0 Å². The second-order valence-electron chi connectivity index (χ2n) is 7.96. The maximum atomic E-state index is 13.0. The van der Waals surface area contributed by atoms with E-state index in [-0.39, 0.29) is 50.2 Å². The zero-order valence-electron chi connectivity index (χ0n) is 19.8. The number of carbonyl (C=O) groups is 4. The molecule has 3 amide bonds. The fourth-order valence-electron chi connectivity index (χ4n) is 3.78. The second kappa shape index (κ2) is 10.8. The number of hydrogen-bond donors (Lipinski definition) is 0. The molecule has 0 saturated carbocycles. The minimum Gasteiger partial charge on any atom is -0.497 e. The quantitative estimate of drug-likeness (QED) is 0.390. The molecule has 0 fully saturated rings. The number of esters is 1. The lowest BCUT2D eigenvalue weighted by atomic mass is 10.1. The summed E-state index contributed by atoms with van der Waals surface area (Å²) in [5.41, 5.74) is 2.37. The summed E-state index contributed by atoms with van der Waals surface area (Å²) >= 11 is 0. The molecule has 3 rings (SSSR count). The van der Waals surface area contributed by atoms with Crippen LogP contribution in [0.25, 0.3) is 0 Å². The van der Waals surface area contributed by atoms with Crippen LogP contribution in [0.2, 0.25) is 0 Å². The first-order valence-electron chi connectivity index (χ1n) is 10.8. The van der Waals surface area contributed by atoms with Gasteiger partial charge in [-0.25, -0.2) is 0 Å². The van der Waals surface area contributed by atoms with E-state index in [2.05, 4.69) is 0 Å². The third kappa shape index (κ3) is 5.54. The largest absolute Gasteiger partial charge is 0.497 e. The molecule has 34 heavy (non-hydrogen) atoms. The number of carbonyl (C=O) groups excluding carboxylic acids is 4. The standard InChI is InChI=1S/C25H28N2O7/c1-16-7-8-20-21(10-16)25(31)27(24(20)30)9-5-6-22(28)26(15-23(29)34-4)14-17-11-18(32-2)13-19(12-17)33-3/h7-8,10-13H,5-6,9,14-15H2,1-4H3. The third-order valence-corrected chi connectivity index (χ3v) is 5.58. The van der Waals surface area contributed by atoms with Crippen LogP contribution in [0.15, 0.2) is 36.4 Å². The molecular weight excluding hydrogens is 440 g/mol. The minimum atomic E-state index is -0.557. The van der Waals surface area contributed by atoms with Gasteiger partial charge in [0.15, 0.2) is 0 Å². The highest BCUT2D eigenvalue weighted by Crippen LogP contribution is 2.25. The van der Waals surface area contributed by atoms with Crippen molar-refractivity contribution in [2.75, 3.05) is 34.4 Å². The van der Waals surface area contributed by atoms with E-state index in [1.54, 1.807) is 36.4 Å². The predicted molar refractivity (Wildman–Crippen MR) is 123 cm³/mol. The van der Waals surface area contributed by atoms with Crippen LogP contribution in [0.3, 0.4) is 0 Å². The van der Waals surface area contributed by atoms with E-state index in [1.807, 2.05) is 6.92 Å². The number of imide groups is 1. The van der Waals surface area contributed by atoms with Gasteiger partial charge in [-0.3, -0.25) is 24.1 Å². The van der Waals surface area contributed by atoms with Crippen LogP contribution in [0.4, 0.5) is 0 Å². The lowest BCUT2D eigenvalue weighted by molar-refractivity contribution is -0.147. The molecular formula is C25H28N2O7. The molecule has 0 aliphatic carbocycles. The lowest BCUT2D eigenvalue weighted by Gasteiger charge is -2.23. The molecule has 0 radical (unpaired) electrons. The molecule has 180 valence electrons. The Balaban J connectivity index is 1.67. The molecule has 0 N–H and O–H groups in total. The molecule has 1 aliphatic heterocycles. The van der Waals surface area contributed by atoms with Crippen molar-refractivity contribution in [3.05, 3.63) is 58.7 Å². The van der Waals surface area contributed by atoms with Crippen molar-refractivity contribution in [3.63, 3.8) is 0 Å². The van der Waals surface area contributed by atoms with Gasteiger partial charge >= 0.3 is 5.97 Å². The van der Waals surface area contributed by atoms with Crippen molar-refractivity contribution in [3.8, 4) is 11.5 Å². The summed E-state index contributed by atoms with van der Waals surface area (Å²) in [7, 11) is 4.30. The van der Waals surface area contributed by atoms with Crippen LogP contribution in [0, 0.1) is 6.92 Å². The van der Waals surface area contributed by atoms with Gasteiger partial charge in [0.1, 0.15) is 18.0 Å². The van der Waals surface area contributed by atoms with Gasteiger partial charge in [-0.1, -0.05) is 11.6 Å². The Morgan fingerprint density at radius 1 is 0.912 bits per heavy atom. The van der Waals surface area contributed by atoms with Crippen molar-refractivity contribution < 1.29 is 33.4 Å². The van der Waals surface area contributed by atoms with E-state index >= 15 is 0 Å². The van der Waals surface area contributed by atoms with E-state index in [0.717, 1.165) is 10.5 Å². The van der Waals surface area contributed by atoms with Crippen molar-refractivity contribution >= 4 is 23.7 Å². The average molecular weight is 469 g/mol. The Hall–Kier alpha value is -3.88. The van der Waals surface area contributed by atoms with Gasteiger partial charge in [0, 0.05) is 25.6 Å². The Bertz CT molecular complexity index is 1090. The van der Waals surface area contributed by atoms with Crippen LogP contribution in [0.5, 0.6) is 11.5 Å². The molecule has 0 saturated heterocycles. The molecule has 0 bridgehead atoms. The van der Waals surface area contributed by atoms with Crippen LogP contribution < -0.4 is 9.47 Å². The lowest BCUT2D eigenvalue weighted by Crippen LogP contribution is -2.36. The first-order chi connectivity index (χ1) is 16.3. The first-order valence-corrected chi connectivity index (χ1v) is 10.8. The van der Waals surface area contributed by atoms with E-state index < -0.39 is 5.97 Å². The van der Waals surface area contributed by atoms with Crippen molar-refractivity contribution in [2.24, 2.45) is 0 Å². The maximum absolute atomic E-state index is 13.0. The maximum Gasteiger partial charge on any atom is 0.325 e. The van der Waals surface area contributed by atoms with Crippen LogP contribution in [-0.2, 0) is 20.9 Å². The van der Waals surface area contributed by atoms with Crippen molar-refractivity contribution in [2.45, 2.75) is 26.3 Å². The van der Waals surface area contributed by atoms with Crippen LogP contribution in [0.1, 0.15) is 44.7 Å². The zero-order valence-corrected chi connectivity index (χ0v) is 19.8. The number of fused-ring (bicyclic) bond motifs is 1. The number of rotatable bonds is 10. The van der Waals surface area contributed by atoms with Crippen molar-refractivity contribution in [1.82, 2.24) is 9.80 Å². The summed E-state index contributed by atoms with van der Waals surface area (Å²) in [4.78, 5) is 52.7. The highest BCUT2D eigenvalue weighted by molar-refractivity contribution is 6.21. The molecule has 9 heteroatoms. The Morgan fingerprint density at radius 2 is 1.56 bits per heavy atom. The van der Waals surface area contributed by atoms with E-state index in [9.17, 15) is 19.2 Å². The summed E-state index contributed by atoms with van der Waals surface area (Å²) < 4.78 is 15.3. The number of benzene rings is 2. The first kappa shape index (κ1) is 24.8. The Labute approximate surface area is 198 Å². The third-order valence-electron chi connectivity index (χ3n) is 5.58. The predicted octanol–water partition coefficient (Wildman–Crippen LogP) is 2.59. The summed E-state index contributed by atoms with van der Waals surface area (Å²) in [5.74, 6) is -0.465. The van der Waals surface area contributed by atoms with Gasteiger partial charge in [-0.2, -0.15) is 0 Å². The van der Waals surface area contributed by atoms with Gasteiger partial charge < -0.3 is 19.1 Å². The SMILES string of the molecule is COC(=O)CN(Cc1cc(OC)cc(OC)c1)C(=O)CCCN1C(=O)c2ccc(C)cc2C1=O. The van der Waals surface area contributed by atoms with Crippen LogP contribution in [-0.4, -0.2) is 67.9 Å². The molecule has 2 aromatic carbocycles. The van der Waals surface area contributed by atoms with Gasteiger partial charge in [0.05, 0.1) is 32.5 Å². The number of amides is 3. The number of methoxy groups -OCH3 is 3. The van der Waals surface area contributed by atoms with Gasteiger partial charge in [-0.15, -0.1) is 0 Å². The van der Waals surface area contributed by atoms with Gasteiger partial charge in [0.25, 0.3) is 11.8 Å². The molecule has 1 aliphatic rings. The molecule has 0 atom stereocenters. The highest BCUT2D eigenvalue weighted by Gasteiger charge is 2.35. The number of nitrogens with zero attached hydrogens (tertiary/aromatic N) is 2. The normalized spacial score (nSPS) is 12.4. The average Bonchev–Trinajstić information content (AvgIpc) is 3.07. The molecule has 0 spiro atoms. The summed E-state index contributed by atoms with van der Waals surface area (Å²) in [5, 5.41) is 0. The topological polar surface area (TPSA) is 102 Å². The van der Waals surface area contributed by atoms with Gasteiger partial charge in [0.2, 0.25) is 5.91 Å². The second-order valence-corrected chi connectivity index (χ2v) is 7.96. The zero-order chi connectivity index (χ0) is 24.8. The van der Waals surface area contributed by atoms with Crippen LogP contribution >= 0.6 is 0 Å².